The van der Waals surface area contributed by atoms with Crippen molar-refractivity contribution in [1.82, 2.24) is 15.4 Å². The van der Waals surface area contributed by atoms with E-state index < -0.39 is 41.0 Å². The summed E-state index contributed by atoms with van der Waals surface area (Å²) < 4.78 is 33.2. The van der Waals surface area contributed by atoms with Gasteiger partial charge >= 0.3 is 6.09 Å². The summed E-state index contributed by atoms with van der Waals surface area (Å²) in [5.74, 6) is -0.363. The topological polar surface area (TPSA) is 98.8 Å². The van der Waals surface area contributed by atoms with E-state index in [0.717, 1.165) is 48.1 Å². The summed E-state index contributed by atoms with van der Waals surface area (Å²) in [4.78, 5) is 13.3. The van der Waals surface area contributed by atoms with Crippen LogP contribution in [0.4, 0.5) is 13.6 Å². The first-order valence-corrected chi connectivity index (χ1v) is 11.7. The molecule has 1 aromatic heterocycles. The lowest BCUT2D eigenvalue weighted by molar-refractivity contribution is 0.00609. The molecule has 0 bridgehead atoms. The number of hydrogen-bond donors (Lipinski definition) is 3. The van der Waals surface area contributed by atoms with E-state index in [9.17, 15) is 23.8 Å². The van der Waals surface area contributed by atoms with Gasteiger partial charge in [0.15, 0.2) is 5.76 Å². The third-order valence-corrected chi connectivity index (χ3v) is 6.12. The highest BCUT2D eigenvalue weighted by molar-refractivity contribution is 5.66. The predicted octanol–water partition coefficient (Wildman–Crippen LogP) is 4.48. The monoisotopic (exact) mass is 479 g/mol. The minimum absolute atomic E-state index is 0.0467. The Morgan fingerprint density at radius 1 is 1.18 bits per heavy atom. The Bertz CT molecular complexity index is 978. The van der Waals surface area contributed by atoms with Gasteiger partial charge in [0, 0.05) is 24.2 Å². The van der Waals surface area contributed by atoms with Crippen molar-refractivity contribution in [1.29, 1.82) is 0 Å². The molecule has 7 nitrogen and oxygen atoms in total. The van der Waals surface area contributed by atoms with Gasteiger partial charge in [0.05, 0.1) is 23.4 Å². The van der Waals surface area contributed by atoms with Gasteiger partial charge in [-0.1, -0.05) is 19.0 Å². The van der Waals surface area contributed by atoms with Gasteiger partial charge in [-0.05, 0) is 70.1 Å². The summed E-state index contributed by atoms with van der Waals surface area (Å²) in [6.07, 6.45) is -0.00169. The van der Waals surface area contributed by atoms with Gasteiger partial charge in [-0.25, -0.2) is 13.6 Å². The molecule has 3 rings (SSSR count). The van der Waals surface area contributed by atoms with Crippen LogP contribution in [0.5, 0.6) is 0 Å². The zero-order valence-corrected chi connectivity index (χ0v) is 20.4. The standard InChI is InChI=1S/C25H35F2N3O4/c1-15(2)8-19-13-22(34-29-19)25(6-7-25)28-14-21(31)20(30(23(32)33)24(3,4)5)11-16-9-17(26)12-18(27)10-16/h9-10,12-13,15,20-21,28,31H,6-8,11,14H2,1-5H3,(H,32,33)/t20-,21-/m0/s1. The SMILES string of the molecule is CC(C)Cc1cc(C2(NC[C@H](O)[C@H](Cc3cc(F)cc(F)c3)N(C(=O)O)C(C)(C)C)CC2)on1. The third kappa shape index (κ3) is 6.33. The molecule has 1 amide bonds. The molecule has 1 saturated carbocycles. The molecule has 1 aliphatic carbocycles. The number of aromatic nitrogens is 1. The summed E-state index contributed by atoms with van der Waals surface area (Å²) in [6, 6.07) is 4.07. The smallest absolute Gasteiger partial charge is 0.408 e. The van der Waals surface area contributed by atoms with E-state index >= 15 is 0 Å². The molecule has 0 aliphatic heterocycles. The maximum atomic E-state index is 13.8. The molecule has 2 atom stereocenters. The van der Waals surface area contributed by atoms with Crippen molar-refractivity contribution in [2.75, 3.05) is 6.54 Å². The third-order valence-electron chi connectivity index (χ3n) is 6.12. The second-order valence-corrected chi connectivity index (χ2v) is 10.7. The molecule has 0 saturated heterocycles. The first-order chi connectivity index (χ1) is 15.8. The molecule has 188 valence electrons. The normalized spacial score (nSPS) is 17.0. The number of aliphatic hydroxyl groups excluding tert-OH is 1. The fourth-order valence-corrected chi connectivity index (χ4v) is 4.42. The number of nitrogens with one attached hydrogen (secondary N) is 1. The first kappa shape index (κ1) is 26.1. The van der Waals surface area contributed by atoms with Crippen LogP contribution in [0.1, 0.15) is 64.5 Å². The molecule has 9 heteroatoms. The number of amides is 1. The summed E-state index contributed by atoms with van der Waals surface area (Å²) in [7, 11) is 0. The van der Waals surface area contributed by atoms with E-state index in [2.05, 4.69) is 24.3 Å². The van der Waals surface area contributed by atoms with Crippen molar-refractivity contribution >= 4 is 6.09 Å². The van der Waals surface area contributed by atoms with Crippen molar-refractivity contribution < 1.29 is 28.3 Å². The molecule has 1 fully saturated rings. The Labute approximate surface area is 199 Å². The second-order valence-electron chi connectivity index (χ2n) is 10.7. The fourth-order valence-electron chi connectivity index (χ4n) is 4.42. The van der Waals surface area contributed by atoms with Crippen molar-refractivity contribution in [3.8, 4) is 0 Å². The maximum absolute atomic E-state index is 13.8. The molecule has 3 N–H and O–H groups in total. The molecule has 2 aromatic rings. The number of carbonyl (C=O) groups is 1. The number of halogens is 2. The predicted molar refractivity (Wildman–Crippen MR) is 123 cm³/mol. The van der Waals surface area contributed by atoms with Crippen molar-refractivity contribution in [3.05, 3.63) is 52.9 Å². The lowest BCUT2D eigenvalue weighted by Gasteiger charge is -2.42. The number of hydrogen-bond acceptors (Lipinski definition) is 5. The fraction of sp³-hybridized carbons (Fsp3) is 0.600. The van der Waals surface area contributed by atoms with Gasteiger partial charge in [0.25, 0.3) is 0 Å². The lowest BCUT2D eigenvalue weighted by atomic mass is 9.94. The number of benzene rings is 1. The highest BCUT2D eigenvalue weighted by Gasteiger charge is 2.48. The molecule has 1 aromatic carbocycles. The van der Waals surface area contributed by atoms with E-state index in [-0.39, 0.29) is 18.5 Å². The minimum atomic E-state index is -1.22. The highest BCUT2D eigenvalue weighted by Crippen LogP contribution is 2.45. The minimum Gasteiger partial charge on any atom is -0.465 e. The number of rotatable bonds is 10. The van der Waals surface area contributed by atoms with E-state index in [1.807, 2.05) is 6.07 Å². The number of carboxylic acid groups (broad SMARTS) is 1. The lowest BCUT2D eigenvalue weighted by Crippen LogP contribution is -2.58. The average Bonchev–Trinajstić information content (AvgIpc) is 3.33. The van der Waals surface area contributed by atoms with Crippen LogP contribution in [0, 0.1) is 17.6 Å². The van der Waals surface area contributed by atoms with Gasteiger partial charge in [-0.15, -0.1) is 0 Å². The van der Waals surface area contributed by atoms with Crippen LogP contribution >= 0.6 is 0 Å². The Morgan fingerprint density at radius 3 is 2.29 bits per heavy atom. The van der Waals surface area contributed by atoms with Crippen molar-refractivity contribution in [2.45, 2.75) is 83.5 Å². The van der Waals surface area contributed by atoms with Gasteiger partial charge < -0.3 is 20.1 Å². The summed E-state index contributed by atoms with van der Waals surface area (Å²) in [5, 5.41) is 28.6. The quantitative estimate of drug-likeness (QED) is 0.465. The first-order valence-electron chi connectivity index (χ1n) is 11.7. The summed E-state index contributed by atoms with van der Waals surface area (Å²) >= 11 is 0. The van der Waals surface area contributed by atoms with Crippen molar-refractivity contribution in [2.24, 2.45) is 5.92 Å². The largest absolute Gasteiger partial charge is 0.465 e. The van der Waals surface area contributed by atoms with Gasteiger partial charge in [0.1, 0.15) is 11.6 Å². The van der Waals surface area contributed by atoms with Crippen molar-refractivity contribution in [3.63, 3.8) is 0 Å². The van der Waals surface area contributed by atoms with E-state index in [1.165, 1.54) is 0 Å². The van der Waals surface area contributed by atoms with Crippen LogP contribution in [-0.4, -0.2) is 50.6 Å². The van der Waals surface area contributed by atoms with Crippen LogP contribution in [-0.2, 0) is 18.4 Å². The molecule has 0 radical (unpaired) electrons. The summed E-state index contributed by atoms with van der Waals surface area (Å²) in [5.41, 5.74) is -0.160. The second kappa shape index (κ2) is 10.00. The molecule has 0 spiro atoms. The van der Waals surface area contributed by atoms with Crippen LogP contribution < -0.4 is 5.32 Å². The Balaban J connectivity index is 1.80. The molecule has 1 heterocycles. The Morgan fingerprint density at radius 2 is 1.79 bits per heavy atom. The number of nitrogens with zero attached hydrogens (tertiary/aromatic N) is 2. The molecule has 34 heavy (non-hydrogen) atoms. The van der Waals surface area contributed by atoms with E-state index in [4.69, 9.17) is 4.52 Å². The molecule has 1 aliphatic rings. The van der Waals surface area contributed by atoms with Gasteiger partial charge in [-0.2, -0.15) is 0 Å². The Hall–Kier alpha value is -2.52. The van der Waals surface area contributed by atoms with Crippen LogP contribution in [0.3, 0.4) is 0 Å². The van der Waals surface area contributed by atoms with Crippen LogP contribution in [0.15, 0.2) is 28.8 Å². The highest BCUT2D eigenvalue weighted by atomic mass is 19.1. The Kier molecular flexibility index (Phi) is 7.67. The van der Waals surface area contributed by atoms with Gasteiger partial charge in [-0.3, -0.25) is 4.90 Å². The zero-order chi connectivity index (χ0) is 25.3. The molecule has 0 unspecified atom stereocenters. The average molecular weight is 480 g/mol. The molecular weight excluding hydrogens is 444 g/mol. The van der Waals surface area contributed by atoms with Crippen LogP contribution in [0.25, 0.3) is 0 Å². The molecular formula is C25H35F2N3O4. The zero-order valence-electron chi connectivity index (χ0n) is 20.4. The van der Waals surface area contributed by atoms with E-state index in [0.29, 0.717) is 11.7 Å². The number of aliphatic hydroxyl groups is 1. The van der Waals surface area contributed by atoms with Gasteiger partial charge in [0.2, 0.25) is 0 Å². The summed E-state index contributed by atoms with van der Waals surface area (Å²) in [6.45, 7) is 9.42. The van der Waals surface area contributed by atoms with E-state index in [1.54, 1.807) is 20.8 Å². The maximum Gasteiger partial charge on any atom is 0.408 e. The van der Waals surface area contributed by atoms with Crippen LogP contribution in [0.2, 0.25) is 0 Å².